The highest BCUT2D eigenvalue weighted by atomic mass is 19.1. The van der Waals surface area contributed by atoms with Gasteiger partial charge in [-0.1, -0.05) is 19.8 Å². The highest BCUT2D eigenvalue weighted by Crippen LogP contribution is 2.38. The fraction of sp³-hybridized carbons (Fsp3) is 0.550. The van der Waals surface area contributed by atoms with Gasteiger partial charge in [0.2, 0.25) is 0 Å². The summed E-state index contributed by atoms with van der Waals surface area (Å²) in [5.41, 5.74) is -0.876. The van der Waals surface area contributed by atoms with Gasteiger partial charge in [0.25, 0.3) is 5.91 Å². The molecule has 0 radical (unpaired) electrons. The molecule has 8 heteroatoms. The molecule has 152 valence electrons. The molecule has 0 aromatic heterocycles. The molecule has 1 aliphatic carbocycles. The van der Waals surface area contributed by atoms with Gasteiger partial charge in [0, 0.05) is 6.42 Å². The number of hydrogen-bond acceptors (Lipinski definition) is 5. The average Bonchev–Trinajstić information content (AvgIpc) is 2.90. The second kappa shape index (κ2) is 8.58. The number of carbonyl (C=O) groups excluding carboxylic acids is 3. The Balaban J connectivity index is 1.41. The van der Waals surface area contributed by atoms with Crippen LogP contribution in [0.25, 0.3) is 0 Å². The molecule has 2 atom stereocenters. The molecule has 1 aromatic carbocycles. The molecule has 2 aliphatic rings. The molecule has 7 nitrogen and oxygen atoms in total. The lowest BCUT2D eigenvalue weighted by Crippen LogP contribution is -2.54. The number of nitrogens with zero attached hydrogens (tertiary/aromatic N) is 1. The first-order valence-electron chi connectivity index (χ1n) is 9.60. The molecule has 3 amide bonds. The largest absolute Gasteiger partial charge is 0.493 e. The molecule has 0 unspecified atom stereocenters. The Kier molecular flexibility index (Phi) is 6.16. The van der Waals surface area contributed by atoms with Crippen molar-refractivity contribution in [2.75, 3.05) is 19.8 Å². The number of imide groups is 1. The van der Waals surface area contributed by atoms with E-state index in [9.17, 15) is 18.8 Å². The summed E-state index contributed by atoms with van der Waals surface area (Å²) in [6, 6.07) is 5.10. The van der Waals surface area contributed by atoms with Gasteiger partial charge in [-0.2, -0.15) is 0 Å². The number of hydrogen-bond donors (Lipinski definition) is 1. The maximum absolute atomic E-state index is 12.8. The van der Waals surface area contributed by atoms with Crippen LogP contribution in [-0.4, -0.2) is 48.1 Å². The third-order valence-electron chi connectivity index (χ3n) is 5.42. The van der Waals surface area contributed by atoms with Gasteiger partial charge in [-0.3, -0.25) is 14.5 Å². The number of rotatable bonds is 7. The normalized spacial score (nSPS) is 24.4. The second-order valence-electron chi connectivity index (χ2n) is 7.32. The molecular weight excluding hydrogens is 367 g/mol. The van der Waals surface area contributed by atoms with Crippen molar-refractivity contribution in [2.45, 2.75) is 44.6 Å². The van der Waals surface area contributed by atoms with Crippen LogP contribution in [-0.2, 0) is 14.3 Å². The van der Waals surface area contributed by atoms with Crippen molar-refractivity contribution in [3.8, 4) is 5.75 Å². The van der Waals surface area contributed by atoms with E-state index in [1.807, 2.05) is 6.92 Å². The van der Waals surface area contributed by atoms with E-state index in [0.717, 1.165) is 24.2 Å². The zero-order valence-corrected chi connectivity index (χ0v) is 15.9. The molecular formula is C20H25FN2O5. The van der Waals surface area contributed by atoms with E-state index in [1.54, 1.807) is 0 Å². The highest BCUT2D eigenvalue weighted by Gasteiger charge is 2.55. The lowest BCUT2D eigenvalue weighted by Gasteiger charge is -2.36. The first-order chi connectivity index (χ1) is 13.4. The van der Waals surface area contributed by atoms with Crippen LogP contribution in [0.3, 0.4) is 0 Å². The molecule has 1 saturated heterocycles. The second-order valence-corrected chi connectivity index (χ2v) is 7.32. The summed E-state index contributed by atoms with van der Waals surface area (Å²) in [4.78, 5) is 38.0. The minimum atomic E-state index is -0.876. The number of ether oxygens (including phenoxy) is 2. The van der Waals surface area contributed by atoms with Crippen LogP contribution >= 0.6 is 0 Å². The van der Waals surface area contributed by atoms with Crippen LogP contribution < -0.4 is 10.1 Å². The molecule has 1 spiro atoms. The zero-order chi connectivity index (χ0) is 20.1. The minimum Gasteiger partial charge on any atom is -0.493 e. The van der Waals surface area contributed by atoms with Gasteiger partial charge in [0.1, 0.15) is 23.7 Å². The first kappa shape index (κ1) is 20.1. The number of carbonyl (C=O) groups is 3. The predicted molar refractivity (Wildman–Crippen MR) is 98.1 cm³/mol. The smallest absolute Gasteiger partial charge is 0.326 e. The van der Waals surface area contributed by atoms with Gasteiger partial charge in [-0.15, -0.1) is 0 Å². The van der Waals surface area contributed by atoms with Gasteiger partial charge in [-0.25, -0.2) is 9.18 Å². The summed E-state index contributed by atoms with van der Waals surface area (Å²) in [5, 5.41) is 2.81. The Bertz CT molecular complexity index is 739. The molecule has 1 N–H and O–H groups in total. The van der Waals surface area contributed by atoms with E-state index >= 15 is 0 Å². The van der Waals surface area contributed by atoms with E-state index in [4.69, 9.17) is 9.47 Å². The summed E-state index contributed by atoms with van der Waals surface area (Å²) in [5.74, 6) is -0.737. The Labute approximate surface area is 163 Å². The van der Waals surface area contributed by atoms with E-state index < -0.39 is 24.1 Å². The summed E-state index contributed by atoms with van der Waals surface area (Å²) < 4.78 is 23.3. The van der Waals surface area contributed by atoms with E-state index in [1.165, 1.54) is 24.3 Å². The van der Waals surface area contributed by atoms with Gasteiger partial charge >= 0.3 is 12.0 Å². The van der Waals surface area contributed by atoms with Gasteiger partial charge in [0.05, 0.1) is 13.2 Å². The maximum atomic E-state index is 12.8. The molecule has 2 fully saturated rings. The SMILES string of the molecule is C[C@H]1CCCC[C@@]12NC(=O)N(CC(=O)OCCCOc1ccc(F)cc1)C2=O. The first-order valence-corrected chi connectivity index (χ1v) is 9.60. The summed E-state index contributed by atoms with van der Waals surface area (Å²) in [7, 11) is 0. The minimum absolute atomic E-state index is 0.0438. The summed E-state index contributed by atoms with van der Waals surface area (Å²) in [6.07, 6.45) is 3.82. The fourth-order valence-electron chi connectivity index (χ4n) is 3.78. The standard InChI is InChI=1S/C20H25FN2O5/c1-14-5-2-3-10-20(14)18(25)23(19(26)22-20)13-17(24)28-12-4-11-27-16-8-6-15(21)7-9-16/h6-9,14H,2-5,10-13H2,1H3,(H,22,26)/t14-,20+/m0/s1. The fourth-order valence-corrected chi connectivity index (χ4v) is 3.78. The Morgan fingerprint density at radius 1 is 1.25 bits per heavy atom. The lowest BCUT2D eigenvalue weighted by molar-refractivity contribution is -0.148. The topological polar surface area (TPSA) is 84.9 Å². The molecule has 3 rings (SSSR count). The van der Waals surface area contributed by atoms with Crippen molar-refractivity contribution in [2.24, 2.45) is 5.92 Å². The maximum Gasteiger partial charge on any atom is 0.326 e. The van der Waals surface area contributed by atoms with Crippen molar-refractivity contribution >= 4 is 17.9 Å². The Hall–Kier alpha value is -2.64. The van der Waals surface area contributed by atoms with Crippen molar-refractivity contribution in [1.29, 1.82) is 0 Å². The molecule has 1 saturated carbocycles. The van der Waals surface area contributed by atoms with E-state index in [0.29, 0.717) is 25.2 Å². The quantitative estimate of drug-likeness (QED) is 0.438. The monoisotopic (exact) mass is 392 g/mol. The summed E-state index contributed by atoms with van der Waals surface area (Å²) >= 11 is 0. The van der Waals surface area contributed by atoms with Crippen LogP contribution in [0.1, 0.15) is 39.0 Å². The Morgan fingerprint density at radius 3 is 2.71 bits per heavy atom. The number of nitrogens with one attached hydrogen (secondary N) is 1. The van der Waals surface area contributed by atoms with Crippen molar-refractivity contribution in [3.63, 3.8) is 0 Å². The summed E-state index contributed by atoms with van der Waals surface area (Å²) in [6.45, 7) is 1.96. The highest BCUT2D eigenvalue weighted by molar-refractivity contribution is 6.08. The van der Waals surface area contributed by atoms with Crippen LogP contribution in [0.2, 0.25) is 0 Å². The van der Waals surface area contributed by atoms with Gasteiger partial charge in [-0.05, 0) is 43.0 Å². The average molecular weight is 392 g/mol. The third-order valence-corrected chi connectivity index (χ3v) is 5.42. The number of amides is 3. The Morgan fingerprint density at radius 2 is 2.00 bits per heavy atom. The number of esters is 1. The van der Waals surface area contributed by atoms with Crippen LogP contribution in [0.15, 0.2) is 24.3 Å². The van der Waals surface area contributed by atoms with E-state index in [-0.39, 0.29) is 24.2 Å². The van der Waals surface area contributed by atoms with Crippen molar-refractivity contribution in [3.05, 3.63) is 30.1 Å². The number of benzene rings is 1. The lowest BCUT2D eigenvalue weighted by atomic mass is 9.73. The van der Waals surface area contributed by atoms with Crippen molar-refractivity contribution in [1.82, 2.24) is 10.2 Å². The third kappa shape index (κ3) is 4.26. The molecule has 28 heavy (non-hydrogen) atoms. The van der Waals surface area contributed by atoms with Crippen LogP contribution in [0, 0.1) is 11.7 Å². The van der Waals surface area contributed by atoms with Crippen molar-refractivity contribution < 1.29 is 28.2 Å². The molecule has 1 heterocycles. The van der Waals surface area contributed by atoms with Crippen LogP contribution in [0.5, 0.6) is 5.75 Å². The molecule has 1 aliphatic heterocycles. The molecule has 1 aromatic rings. The zero-order valence-electron chi connectivity index (χ0n) is 15.9. The van der Waals surface area contributed by atoms with Gasteiger partial charge < -0.3 is 14.8 Å². The van der Waals surface area contributed by atoms with E-state index in [2.05, 4.69) is 5.32 Å². The number of halogens is 1. The van der Waals surface area contributed by atoms with Gasteiger partial charge in [0.15, 0.2) is 0 Å². The van der Waals surface area contributed by atoms with Crippen LogP contribution in [0.4, 0.5) is 9.18 Å². The predicted octanol–water partition coefficient (Wildman–Crippen LogP) is 2.64. The number of urea groups is 1. The molecule has 0 bridgehead atoms.